The van der Waals surface area contributed by atoms with Crippen molar-refractivity contribution in [1.29, 1.82) is 0 Å². The molecule has 0 aliphatic heterocycles. The summed E-state index contributed by atoms with van der Waals surface area (Å²) >= 11 is 6.30. The number of halogens is 4. The van der Waals surface area contributed by atoms with Gasteiger partial charge in [-0.1, -0.05) is 31.9 Å². The molecule has 160 valence electrons. The fourth-order valence-electron chi connectivity index (χ4n) is 2.31. The van der Waals surface area contributed by atoms with Crippen molar-refractivity contribution in [2.75, 3.05) is 20.2 Å². The average molecular weight is 547 g/mol. The van der Waals surface area contributed by atoms with Crippen molar-refractivity contribution in [3.8, 4) is 0 Å². The second-order valence-electron chi connectivity index (χ2n) is 5.93. The number of nitrogens with zero attached hydrogens (tertiary/aromatic N) is 1. The van der Waals surface area contributed by atoms with Gasteiger partial charge in [0.25, 0.3) is 0 Å². The smallest absolute Gasteiger partial charge is 0.395 e. The van der Waals surface area contributed by atoms with Crippen molar-refractivity contribution < 1.29 is 23.1 Å². The summed E-state index contributed by atoms with van der Waals surface area (Å²) < 4.78 is 31.6. The van der Waals surface area contributed by atoms with Crippen LogP contribution in [-0.4, -0.2) is 32.1 Å². The Balaban J connectivity index is 0.000000300. The highest BCUT2D eigenvalue weighted by molar-refractivity contribution is 9.10. The summed E-state index contributed by atoms with van der Waals surface area (Å²) in [6.07, 6.45) is 0.656. The Morgan fingerprint density at radius 3 is 2.23 bits per heavy atom. The summed E-state index contributed by atoms with van der Waals surface area (Å²) in [5.41, 5.74) is 6.11. The molecule has 3 N–H and O–H groups in total. The van der Waals surface area contributed by atoms with Gasteiger partial charge >= 0.3 is 12.0 Å². The number of nitrogens with two attached hydrogens (primary N) is 1. The highest BCUT2D eigenvalue weighted by Gasteiger charge is 2.27. The van der Waals surface area contributed by atoms with E-state index in [1.165, 1.54) is 31.4 Å². The molecular formula is C20H19Br2F2N3O3. The van der Waals surface area contributed by atoms with Gasteiger partial charge in [-0.15, -0.1) is 0 Å². The molecule has 0 saturated carbocycles. The van der Waals surface area contributed by atoms with E-state index in [2.05, 4.69) is 46.8 Å². The molecule has 0 bridgehead atoms. The van der Waals surface area contributed by atoms with E-state index in [4.69, 9.17) is 12.3 Å². The minimum atomic E-state index is -1.11. The number of esters is 1. The van der Waals surface area contributed by atoms with Crippen LogP contribution in [0.5, 0.6) is 0 Å². The Labute approximate surface area is 189 Å². The van der Waals surface area contributed by atoms with Gasteiger partial charge in [-0.2, -0.15) is 0 Å². The first kappa shape index (κ1) is 25.7. The van der Waals surface area contributed by atoms with Gasteiger partial charge in [0, 0.05) is 14.5 Å². The van der Waals surface area contributed by atoms with Crippen LogP contribution in [0, 0.1) is 18.2 Å². The maximum Gasteiger partial charge on any atom is 0.395 e. The summed E-state index contributed by atoms with van der Waals surface area (Å²) in [4.78, 5) is 24.7. The average Bonchev–Trinajstić information content (AvgIpc) is 2.64. The molecular weight excluding hydrogens is 528 g/mol. The number of carbonyl (C=O) groups is 2. The fourth-order valence-corrected chi connectivity index (χ4v) is 3.30. The monoisotopic (exact) mass is 545 g/mol. The molecule has 1 unspecified atom stereocenters. The zero-order valence-corrected chi connectivity index (χ0v) is 19.1. The molecule has 2 aromatic carbocycles. The second kappa shape index (κ2) is 13.1. The van der Waals surface area contributed by atoms with E-state index in [0.29, 0.717) is 21.9 Å². The fraction of sp³-hybridized carbons (Fsp3) is 0.250. The van der Waals surface area contributed by atoms with E-state index in [1.807, 2.05) is 6.07 Å². The topological polar surface area (TPSA) is 85.8 Å². The molecule has 0 radical (unpaired) electrons. The number of amides is 1. The molecule has 10 heteroatoms. The third kappa shape index (κ3) is 9.43. The molecule has 1 atom stereocenters. The maximum absolute atomic E-state index is 13.0. The zero-order valence-electron chi connectivity index (χ0n) is 15.9. The van der Waals surface area contributed by atoms with Crippen LogP contribution in [0.1, 0.15) is 17.2 Å². The number of benzene rings is 2. The lowest BCUT2D eigenvalue weighted by atomic mass is 10.1. The standard InChI is InChI=1S/C10H12BrFN2O.C10H7BrFNO2/c11-8-3-7(4-9(12)5-8)1-2-14-6-10(13)15;1-13-9(10(14)15-2)6-3-7(11)5-8(12)4-6/h3-5,14H,1-2,6H2,(H2,13,15);3-5,9H,2H3. The van der Waals surface area contributed by atoms with Crippen molar-refractivity contribution >= 4 is 43.7 Å². The Morgan fingerprint density at radius 2 is 1.73 bits per heavy atom. The van der Waals surface area contributed by atoms with Gasteiger partial charge in [0.05, 0.1) is 13.7 Å². The first-order chi connectivity index (χ1) is 14.2. The minimum absolute atomic E-state index is 0.149. The Morgan fingerprint density at radius 1 is 1.13 bits per heavy atom. The second-order valence-corrected chi connectivity index (χ2v) is 7.76. The molecule has 2 rings (SSSR count). The number of rotatable bonds is 7. The Kier molecular flexibility index (Phi) is 11.2. The SMILES string of the molecule is NC(=O)CNCCc1cc(F)cc(Br)c1.[C-]#[N+]C(C(=O)OC)c1cc(F)cc(Br)c1. The number of nitrogens with one attached hydrogen (secondary N) is 1. The van der Waals surface area contributed by atoms with Crippen molar-refractivity contribution in [1.82, 2.24) is 5.32 Å². The lowest BCUT2D eigenvalue weighted by Crippen LogP contribution is -2.29. The van der Waals surface area contributed by atoms with Gasteiger partial charge in [-0.3, -0.25) is 9.64 Å². The highest BCUT2D eigenvalue weighted by atomic mass is 79.9. The van der Waals surface area contributed by atoms with Crippen LogP contribution in [0.25, 0.3) is 4.85 Å². The van der Waals surface area contributed by atoms with Crippen LogP contribution >= 0.6 is 31.9 Å². The predicted octanol–water partition coefficient (Wildman–Crippen LogP) is 3.93. The van der Waals surface area contributed by atoms with Crippen LogP contribution in [0.15, 0.2) is 45.3 Å². The molecule has 6 nitrogen and oxygen atoms in total. The molecule has 0 aliphatic carbocycles. The van der Waals surface area contributed by atoms with Gasteiger partial charge in [-0.05, 0) is 54.9 Å². The number of primary amides is 1. The third-order valence-corrected chi connectivity index (χ3v) is 4.48. The van der Waals surface area contributed by atoms with E-state index in [9.17, 15) is 18.4 Å². The van der Waals surface area contributed by atoms with Gasteiger partial charge in [0.1, 0.15) is 11.6 Å². The molecule has 0 aromatic heterocycles. The molecule has 30 heavy (non-hydrogen) atoms. The summed E-state index contributed by atoms with van der Waals surface area (Å²) in [5.74, 6) is -1.86. The number of hydrogen-bond donors (Lipinski definition) is 2. The molecule has 2 aromatic rings. The van der Waals surface area contributed by atoms with Gasteiger partial charge in [-0.25, -0.2) is 20.1 Å². The third-order valence-electron chi connectivity index (χ3n) is 3.57. The normalized spacial score (nSPS) is 10.9. The quantitative estimate of drug-likeness (QED) is 0.313. The first-order valence-corrected chi connectivity index (χ1v) is 10.1. The van der Waals surface area contributed by atoms with Gasteiger partial charge < -0.3 is 15.8 Å². The molecule has 0 fully saturated rings. The van der Waals surface area contributed by atoms with Crippen molar-refractivity contribution in [2.24, 2.45) is 5.73 Å². The first-order valence-electron chi connectivity index (χ1n) is 8.50. The van der Waals surface area contributed by atoms with Crippen molar-refractivity contribution in [3.05, 3.63) is 79.5 Å². The van der Waals surface area contributed by atoms with E-state index < -0.39 is 23.7 Å². The number of ether oxygens (including phenoxy) is 1. The van der Waals surface area contributed by atoms with E-state index in [0.717, 1.165) is 11.6 Å². The van der Waals surface area contributed by atoms with Crippen LogP contribution in [0.2, 0.25) is 0 Å². The van der Waals surface area contributed by atoms with E-state index >= 15 is 0 Å². The number of methoxy groups -OCH3 is 1. The van der Waals surface area contributed by atoms with Crippen molar-refractivity contribution in [3.63, 3.8) is 0 Å². The predicted molar refractivity (Wildman–Crippen MR) is 115 cm³/mol. The molecule has 1 amide bonds. The summed E-state index contributed by atoms with van der Waals surface area (Å²) in [5, 5.41) is 2.86. The zero-order chi connectivity index (χ0) is 22.7. The highest BCUT2D eigenvalue weighted by Crippen LogP contribution is 2.24. The summed E-state index contributed by atoms with van der Waals surface area (Å²) in [6.45, 7) is 7.60. The molecule has 0 aliphatic rings. The van der Waals surface area contributed by atoms with Crippen LogP contribution in [0.3, 0.4) is 0 Å². The van der Waals surface area contributed by atoms with Crippen LogP contribution < -0.4 is 11.1 Å². The van der Waals surface area contributed by atoms with Gasteiger partial charge in [0.15, 0.2) is 0 Å². The Bertz CT molecular complexity index is 895. The van der Waals surface area contributed by atoms with E-state index in [1.54, 1.807) is 0 Å². The molecule has 0 heterocycles. The van der Waals surface area contributed by atoms with Crippen LogP contribution in [-0.2, 0) is 20.7 Å². The lowest BCUT2D eigenvalue weighted by molar-refractivity contribution is -0.141. The summed E-state index contributed by atoms with van der Waals surface area (Å²) in [6, 6.07) is 7.52. The summed E-state index contributed by atoms with van der Waals surface area (Å²) in [7, 11) is 1.19. The maximum atomic E-state index is 13.0. The number of hydrogen-bond acceptors (Lipinski definition) is 4. The lowest BCUT2D eigenvalue weighted by Gasteiger charge is -2.04. The van der Waals surface area contributed by atoms with E-state index in [-0.39, 0.29) is 17.9 Å². The molecule has 0 saturated heterocycles. The van der Waals surface area contributed by atoms with Crippen molar-refractivity contribution in [2.45, 2.75) is 12.5 Å². The molecule has 0 spiro atoms. The Hall–Kier alpha value is -2.35. The van der Waals surface area contributed by atoms with Gasteiger partial charge in [0.2, 0.25) is 5.91 Å². The van der Waals surface area contributed by atoms with Crippen LogP contribution in [0.4, 0.5) is 8.78 Å². The largest absolute Gasteiger partial charge is 0.463 e. The number of carbonyl (C=O) groups excluding carboxylic acids is 2. The minimum Gasteiger partial charge on any atom is -0.463 e.